The Balaban J connectivity index is 2.43. The van der Waals surface area contributed by atoms with Gasteiger partial charge in [0.05, 0.1) is 5.57 Å². The van der Waals surface area contributed by atoms with Crippen LogP contribution in [0.15, 0.2) is 47.8 Å². The minimum atomic E-state index is -0.903. The van der Waals surface area contributed by atoms with E-state index < -0.39 is 5.97 Å². The number of rotatable bonds is 3. The summed E-state index contributed by atoms with van der Waals surface area (Å²) in [6, 6.07) is 12.9. The van der Waals surface area contributed by atoms with E-state index >= 15 is 0 Å². The van der Waals surface area contributed by atoms with E-state index in [0.717, 1.165) is 10.4 Å². The van der Waals surface area contributed by atoms with Crippen molar-refractivity contribution in [2.75, 3.05) is 0 Å². The average molecular weight is 230 g/mol. The van der Waals surface area contributed by atoms with Crippen molar-refractivity contribution >= 4 is 29.0 Å². The van der Waals surface area contributed by atoms with Crippen molar-refractivity contribution in [1.29, 1.82) is 0 Å². The monoisotopic (exact) mass is 230 g/mol. The predicted molar refractivity (Wildman–Crippen MR) is 66.3 cm³/mol. The maximum atomic E-state index is 11.2. The lowest BCUT2D eigenvalue weighted by molar-refractivity contribution is -0.130. The highest BCUT2D eigenvalue weighted by Gasteiger charge is 2.09. The van der Waals surface area contributed by atoms with Crippen LogP contribution in [0.5, 0.6) is 0 Å². The molecule has 2 aromatic rings. The van der Waals surface area contributed by atoms with Gasteiger partial charge in [0.15, 0.2) is 0 Å². The van der Waals surface area contributed by atoms with Gasteiger partial charge in [-0.25, -0.2) is 4.79 Å². The maximum Gasteiger partial charge on any atom is 0.336 e. The Morgan fingerprint density at radius 2 is 1.88 bits per heavy atom. The molecule has 0 aliphatic carbocycles. The fourth-order valence-electron chi connectivity index (χ4n) is 1.40. The Morgan fingerprint density at radius 1 is 1.12 bits per heavy atom. The Hall–Kier alpha value is -1.87. The van der Waals surface area contributed by atoms with E-state index in [-0.39, 0.29) is 0 Å². The third-order valence-corrected chi connectivity index (χ3v) is 2.96. The largest absolute Gasteiger partial charge is 0.478 e. The van der Waals surface area contributed by atoms with Crippen LogP contribution in [0.1, 0.15) is 10.4 Å². The quantitative estimate of drug-likeness (QED) is 0.821. The van der Waals surface area contributed by atoms with E-state index in [9.17, 15) is 4.79 Å². The highest BCUT2D eigenvalue weighted by Crippen LogP contribution is 2.20. The van der Waals surface area contributed by atoms with Crippen molar-refractivity contribution in [3.8, 4) is 0 Å². The number of benzene rings is 1. The number of thiophene rings is 1. The first-order chi connectivity index (χ1) is 7.77. The molecule has 1 N–H and O–H groups in total. The molecule has 0 radical (unpaired) electrons. The van der Waals surface area contributed by atoms with Gasteiger partial charge in [-0.2, -0.15) is 0 Å². The van der Waals surface area contributed by atoms with Gasteiger partial charge in [-0.15, -0.1) is 11.3 Å². The average Bonchev–Trinajstić information content (AvgIpc) is 2.79. The van der Waals surface area contributed by atoms with Gasteiger partial charge in [0.2, 0.25) is 0 Å². The number of aliphatic carboxylic acids is 1. The van der Waals surface area contributed by atoms with Crippen LogP contribution in [-0.2, 0) is 4.79 Å². The fraction of sp³-hybridized carbons (Fsp3) is 0. The molecule has 0 amide bonds. The van der Waals surface area contributed by atoms with E-state index in [4.69, 9.17) is 5.11 Å². The molecular weight excluding hydrogens is 220 g/mol. The van der Waals surface area contributed by atoms with Crippen molar-refractivity contribution < 1.29 is 9.90 Å². The van der Waals surface area contributed by atoms with E-state index in [1.54, 1.807) is 18.2 Å². The summed E-state index contributed by atoms with van der Waals surface area (Å²) in [5, 5.41) is 11.1. The van der Waals surface area contributed by atoms with Crippen molar-refractivity contribution in [3.05, 3.63) is 58.3 Å². The van der Waals surface area contributed by atoms with Gasteiger partial charge >= 0.3 is 5.97 Å². The first-order valence-electron chi connectivity index (χ1n) is 4.81. The molecule has 0 spiro atoms. The van der Waals surface area contributed by atoms with Gasteiger partial charge < -0.3 is 5.11 Å². The summed E-state index contributed by atoms with van der Waals surface area (Å²) in [6.45, 7) is 0. The van der Waals surface area contributed by atoms with Crippen LogP contribution in [0.4, 0.5) is 0 Å². The van der Waals surface area contributed by atoms with Gasteiger partial charge in [0.1, 0.15) is 0 Å². The van der Waals surface area contributed by atoms with E-state index in [1.807, 2.05) is 35.7 Å². The Bertz CT molecular complexity index is 498. The molecule has 0 fully saturated rings. The molecule has 0 unspecified atom stereocenters. The summed E-state index contributed by atoms with van der Waals surface area (Å²) in [7, 11) is 0. The van der Waals surface area contributed by atoms with E-state index in [2.05, 4.69) is 0 Å². The molecule has 1 heterocycles. The Labute approximate surface area is 97.5 Å². The van der Waals surface area contributed by atoms with Crippen molar-refractivity contribution in [1.82, 2.24) is 0 Å². The van der Waals surface area contributed by atoms with E-state index in [0.29, 0.717) is 5.57 Å². The number of carbonyl (C=O) groups is 1. The van der Waals surface area contributed by atoms with Crippen molar-refractivity contribution in [2.45, 2.75) is 0 Å². The van der Waals surface area contributed by atoms with Gasteiger partial charge in [-0.1, -0.05) is 36.4 Å². The maximum absolute atomic E-state index is 11.2. The second-order valence-corrected chi connectivity index (χ2v) is 4.22. The first-order valence-corrected chi connectivity index (χ1v) is 5.69. The lowest BCUT2D eigenvalue weighted by atomic mass is 10.1. The zero-order valence-corrected chi connectivity index (χ0v) is 9.28. The Kier molecular flexibility index (Phi) is 3.17. The van der Waals surface area contributed by atoms with Crippen LogP contribution in [0.25, 0.3) is 11.6 Å². The molecule has 0 saturated heterocycles. The number of hydrogen-bond acceptors (Lipinski definition) is 2. The van der Waals surface area contributed by atoms with Crippen molar-refractivity contribution in [3.63, 3.8) is 0 Å². The van der Waals surface area contributed by atoms with Gasteiger partial charge in [-0.05, 0) is 23.1 Å². The molecule has 0 bridgehead atoms. The Morgan fingerprint density at radius 3 is 2.44 bits per heavy atom. The molecule has 80 valence electrons. The summed E-state index contributed by atoms with van der Waals surface area (Å²) in [5.74, 6) is -0.903. The smallest absolute Gasteiger partial charge is 0.336 e. The third-order valence-electron chi connectivity index (χ3n) is 2.14. The number of carboxylic acid groups (broad SMARTS) is 1. The summed E-state index contributed by atoms with van der Waals surface area (Å²) < 4.78 is 0. The first kappa shape index (κ1) is 10.6. The van der Waals surface area contributed by atoms with Crippen LogP contribution in [0.2, 0.25) is 0 Å². The molecule has 0 aliphatic rings. The van der Waals surface area contributed by atoms with Crippen LogP contribution in [0, 0.1) is 0 Å². The molecule has 1 aromatic heterocycles. The number of carboxylic acids is 1. The molecule has 0 atom stereocenters. The van der Waals surface area contributed by atoms with E-state index in [1.165, 1.54) is 11.3 Å². The highest BCUT2D eigenvalue weighted by atomic mass is 32.1. The molecule has 0 saturated carbocycles. The summed E-state index contributed by atoms with van der Waals surface area (Å²) in [4.78, 5) is 12.1. The van der Waals surface area contributed by atoms with Crippen LogP contribution in [0.3, 0.4) is 0 Å². The van der Waals surface area contributed by atoms with Gasteiger partial charge in [0.25, 0.3) is 0 Å². The highest BCUT2D eigenvalue weighted by molar-refractivity contribution is 7.10. The lowest BCUT2D eigenvalue weighted by Crippen LogP contribution is -1.98. The minimum Gasteiger partial charge on any atom is -0.478 e. The summed E-state index contributed by atoms with van der Waals surface area (Å²) in [5.41, 5.74) is 1.05. The molecule has 16 heavy (non-hydrogen) atoms. The van der Waals surface area contributed by atoms with Crippen LogP contribution >= 0.6 is 11.3 Å². The molecular formula is C13H10O2S. The minimum absolute atomic E-state index is 0.322. The zero-order valence-electron chi connectivity index (χ0n) is 8.46. The molecule has 0 aliphatic heterocycles. The zero-order chi connectivity index (χ0) is 11.4. The molecule has 1 aromatic carbocycles. The standard InChI is InChI=1S/C13H10O2S/c14-13(15)12(9-11-7-4-8-16-11)10-5-2-1-3-6-10/h1-9H,(H,14,15)/b12-9+. The SMILES string of the molecule is O=C(O)/C(=C/c1cccs1)c1ccccc1. The van der Waals surface area contributed by atoms with Crippen LogP contribution in [-0.4, -0.2) is 11.1 Å². The molecule has 2 rings (SSSR count). The number of hydrogen-bond donors (Lipinski definition) is 1. The second kappa shape index (κ2) is 4.77. The molecule has 3 heteroatoms. The van der Waals surface area contributed by atoms with Gasteiger partial charge in [-0.3, -0.25) is 0 Å². The fourth-order valence-corrected chi connectivity index (χ4v) is 2.06. The summed E-state index contributed by atoms with van der Waals surface area (Å²) >= 11 is 1.52. The second-order valence-electron chi connectivity index (χ2n) is 3.24. The van der Waals surface area contributed by atoms with Gasteiger partial charge in [0, 0.05) is 4.88 Å². The van der Waals surface area contributed by atoms with Crippen molar-refractivity contribution in [2.24, 2.45) is 0 Å². The third kappa shape index (κ3) is 2.38. The molecule has 2 nitrogen and oxygen atoms in total. The normalized spacial score (nSPS) is 11.4. The lowest BCUT2D eigenvalue weighted by Gasteiger charge is -2.01. The topological polar surface area (TPSA) is 37.3 Å². The predicted octanol–water partition coefficient (Wildman–Crippen LogP) is 3.37. The van der Waals surface area contributed by atoms with Crippen LogP contribution < -0.4 is 0 Å². The summed E-state index contributed by atoms with van der Waals surface area (Å²) in [6.07, 6.45) is 1.70.